The lowest BCUT2D eigenvalue weighted by Crippen LogP contribution is -2.18. The summed E-state index contributed by atoms with van der Waals surface area (Å²) in [7, 11) is 0. The molecule has 0 saturated heterocycles. The van der Waals surface area contributed by atoms with E-state index in [0.717, 1.165) is 6.42 Å². The van der Waals surface area contributed by atoms with Gasteiger partial charge in [0.15, 0.2) is 0 Å². The average Bonchev–Trinajstić information content (AvgIpc) is 2.58. The molecule has 0 aliphatic carbocycles. The van der Waals surface area contributed by atoms with Crippen molar-refractivity contribution in [2.24, 2.45) is 11.7 Å². The number of hydrogen-bond acceptors (Lipinski definition) is 1. The van der Waals surface area contributed by atoms with Gasteiger partial charge in [-0.05, 0) is 43.8 Å². The van der Waals surface area contributed by atoms with Gasteiger partial charge in [0.1, 0.15) is 0 Å². The van der Waals surface area contributed by atoms with E-state index in [1.54, 1.807) is 0 Å². The summed E-state index contributed by atoms with van der Waals surface area (Å²) < 4.78 is 0. The maximum absolute atomic E-state index is 6.55. The second-order valence-corrected chi connectivity index (χ2v) is 6.42. The van der Waals surface area contributed by atoms with Gasteiger partial charge >= 0.3 is 0 Å². The molecule has 0 aliphatic rings. The van der Waals surface area contributed by atoms with Gasteiger partial charge in [0.05, 0.1) is 0 Å². The molecular formula is C21H22ClN. The predicted molar refractivity (Wildman–Crippen MR) is 104 cm³/mol. The monoisotopic (exact) mass is 323 g/mol. The molecule has 1 unspecified atom stereocenters. The first-order valence-electron chi connectivity index (χ1n) is 8.12. The van der Waals surface area contributed by atoms with Gasteiger partial charge in [0.25, 0.3) is 0 Å². The first kappa shape index (κ1) is 16.0. The number of benzene rings is 4. The third-order valence-corrected chi connectivity index (χ3v) is 5.18. The fraction of sp³-hybridized carbons (Fsp3) is 0.238. The molecule has 118 valence electrons. The van der Waals surface area contributed by atoms with E-state index in [0.29, 0.717) is 5.92 Å². The van der Waals surface area contributed by atoms with Gasteiger partial charge in [0.2, 0.25) is 0 Å². The summed E-state index contributed by atoms with van der Waals surface area (Å²) in [6.45, 7) is 4.45. The Kier molecular flexibility index (Phi) is 4.18. The molecule has 2 N–H and O–H groups in total. The minimum atomic E-state index is 0. The average molecular weight is 324 g/mol. The molecule has 0 bridgehead atoms. The third kappa shape index (κ3) is 2.36. The normalized spacial score (nSPS) is 14.2. The van der Waals surface area contributed by atoms with E-state index in [4.69, 9.17) is 5.73 Å². The van der Waals surface area contributed by atoms with Crippen molar-refractivity contribution in [2.45, 2.75) is 26.3 Å². The second-order valence-electron chi connectivity index (χ2n) is 6.42. The number of halogens is 1. The summed E-state index contributed by atoms with van der Waals surface area (Å²) in [6, 6.07) is 20.0. The van der Waals surface area contributed by atoms with Crippen molar-refractivity contribution in [1.82, 2.24) is 0 Å². The quantitative estimate of drug-likeness (QED) is 0.456. The van der Waals surface area contributed by atoms with Crippen LogP contribution in [0.15, 0.2) is 54.6 Å². The van der Waals surface area contributed by atoms with Crippen LogP contribution in [0.5, 0.6) is 0 Å². The zero-order valence-corrected chi connectivity index (χ0v) is 14.4. The Morgan fingerprint density at radius 2 is 1.39 bits per heavy atom. The fourth-order valence-corrected chi connectivity index (χ4v) is 3.61. The Morgan fingerprint density at radius 3 is 2.04 bits per heavy atom. The number of rotatable bonds is 3. The highest BCUT2D eigenvalue weighted by molar-refractivity contribution is 6.23. The van der Waals surface area contributed by atoms with Crippen LogP contribution in [0.25, 0.3) is 32.3 Å². The molecule has 0 radical (unpaired) electrons. The molecule has 0 aliphatic heterocycles. The van der Waals surface area contributed by atoms with Crippen LogP contribution >= 0.6 is 12.4 Å². The standard InChI is InChI=1S/C21H21N.ClH/c1-3-13(2)21(22)18-12-10-16-8-7-14-5-4-6-15-9-11-17(18)20(16)19(14)15;/h4-13,21H,3,22H2,1-2H3;1H/t13?,21-;/m0./s1. The van der Waals surface area contributed by atoms with Crippen molar-refractivity contribution >= 4 is 44.7 Å². The fourth-order valence-electron chi connectivity index (χ4n) is 3.61. The topological polar surface area (TPSA) is 26.0 Å². The summed E-state index contributed by atoms with van der Waals surface area (Å²) in [4.78, 5) is 0. The zero-order valence-electron chi connectivity index (χ0n) is 13.5. The first-order chi connectivity index (χ1) is 10.7. The molecule has 4 rings (SSSR count). The smallest absolute Gasteiger partial charge is 0.0326 e. The lowest BCUT2D eigenvalue weighted by atomic mass is 9.86. The summed E-state index contributed by atoms with van der Waals surface area (Å²) in [5, 5.41) is 7.98. The second kappa shape index (κ2) is 5.99. The van der Waals surface area contributed by atoms with Gasteiger partial charge in [-0.3, -0.25) is 0 Å². The molecule has 0 saturated carbocycles. The number of nitrogens with two attached hydrogens (primary N) is 1. The van der Waals surface area contributed by atoms with Crippen molar-refractivity contribution in [1.29, 1.82) is 0 Å². The Morgan fingerprint density at radius 1 is 0.826 bits per heavy atom. The molecule has 23 heavy (non-hydrogen) atoms. The maximum atomic E-state index is 6.55. The molecule has 1 nitrogen and oxygen atoms in total. The molecule has 4 aromatic rings. The highest BCUT2D eigenvalue weighted by Crippen LogP contribution is 2.38. The van der Waals surface area contributed by atoms with Gasteiger partial charge in [-0.15, -0.1) is 12.4 Å². The largest absolute Gasteiger partial charge is 0.324 e. The van der Waals surface area contributed by atoms with E-state index in [1.165, 1.54) is 37.9 Å². The van der Waals surface area contributed by atoms with Crippen molar-refractivity contribution in [2.75, 3.05) is 0 Å². The summed E-state index contributed by atoms with van der Waals surface area (Å²) >= 11 is 0. The maximum Gasteiger partial charge on any atom is 0.0326 e. The molecule has 0 heterocycles. The first-order valence-corrected chi connectivity index (χ1v) is 8.12. The summed E-state index contributed by atoms with van der Waals surface area (Å²) in [5.41, 5.74) is 7.83. The van der Waals surface area contributed by atoms with Crippen LogP contribution in [-0.2, 0) is 0 Å². The Balaban J connectivity index is 0.00000156. The van der Waals surface area contributed by atoms with Crippen LogP contribution in [0.3, 0.4) is 0 Å². The van der Waals surface area contributed by atoms with Crippen molar-refractivity contribution < 1.29 is 0 Å². The van der Waals surface area contributed by atoms with Gasteiger partial charge in [-0.25, -0.2) is 0 Å². The summed E-state index contributed by atoms with van der Waals surface area (Å²) in [6.07, 6.45) is 1.10. The van der Waals surface area contributed by atoms with Crippen molar-refractivity contribution in [3.63, 3.8) is 0 Å². The van der Waals surface area contributed by atoms with Crippen LogP contribution in [0, 0.1) is 5.92 Å². The van der Waals surface area contributed by atoms with E-state index in [9.17, 15) is 0 Å². The van der Waals surface area contributed by atoms with Gasteiger partial charge in [-0.1, -0.05) is 74.9 Å². The van der Waals surface area contributed by atoms with Gasteiger partial charge < -0.3 is 5.73 Å². The van der Waals surface area contributed by atoms with Crippen LogP contribution in [-0.4, -0.2) is 0 Å². The van der Waals surface area contributed by atoms with Gasteiger partial charge in [0, 0.05) is 6.04 Å². The van der Waals surface area contributed by atoms with Crippen molar-refractivity contribution in [3.05, 3.63) is 60.2 Å². The van der Waals surface area contributed by atoms with Crippen LogP contribution in [0.4, 0.5) is 0 Å². The summed E-state index contributed by atoms with van der Waals surface area (Å²) in [5.74, 6) is 0.485. The van der Waals surface area contributed by atoms with Crippen LogP contribution in [0.2, 0.25) is 0 Å². The molecule has 4 aromatic carbocycles. The van der Waals surface area contributed by atoms with E-state index >= 15 is 0 Å². The molecule has 0 aromatic heterocycles. The van der Waals surface area contributed by atoms with Crippen LogP contribution in [0.1, 0.15) is 31.9 Å². The van der Waals surface area contributed by atoms with Gasteiger partial charge in [-0.2, -0.15) is 0 Å². The molecule has 0 spiro atoms. The SMILES string of the molecule is CCC(C)[C@H](N)c1ccc2ccc3cccc4ccc1c2c34.Cl. The molecule has 2 heteroatoms. The zero-order chi connectivity index (χ0) is 15.3. The lowest BCUT2D eigenvalue weighted by molar-refractivity contribution is 0.459. The minimum absolute atomic E-state index is 0. The highest BCUT2D eigenvalue weighted by Gasteiger charge is 2.18. The Hall–Kier alpha value is -1.83. The van der Waals surface area contributed by atoms with Crippen LogP contribution < -0.4 is 5.73 Å². The Labute approximate surface area is 143 Å². The minimum Gasteiger partial charge on any atom is -0.324 e. The molecule has 2 atom stereocenters. The number of hydrogen-bond donors (Lipinski definition) is 1. The molecule has 0 amide bonds. The highest BCUT2D eigenvalue weighted by atomic mass is 35.5. The Bertz CT molecular complexity index is 944. The third-order valence-electron chi connectivity index (χ3n) is 5.18. The van der Waals surface area contributed by atoms with E-state index in [-0.39, 0.29) is 18.4 Å². The lowest BCUT2D eigenvalue weighted by Gasteiger charge is -2.22. The molecule has 0 fully saturated rings. The van der Waals surface area contributed by atoms with Crippen molar-refractivity contribution in [3.8, 4) is 0 Å². The van der Waals surface area contributed by atoms with E-state index in [2.05, 4.69) is 68.4 Å². The van der Waals surface area contributed by atoms with E-state index < -0.39 is 0 Å². The predicted octanol–water partition coefficient (Wildman–Crippen LogP) is 6.05. The molecular weight excluding hydrogens is 302 g/mol. The van der Waals surface area contributed by atoms with E-state index in [1.807, 2.05) is 0 Å².